The van der Waals surface area contributed by atoms with E-state index < -0.39 is 0 Å². The quantitative estimate of drug-likeness (QED) is 0.599. The molecule has 3 heteroatoms. The Morgan fingerprint density at radius 3 is 2.37 bits per heavy atom. The number of aryl methyl sites for hydroxylation is 1. The minimum absolute atomic E-state index is 0.778. The van der Waals surface area contributed by atoms with Crippen LogP contribution < -0.4 is 0 Å². The fraction of sp³-hybridized carbons (Fsp3) is 0.0625. The zero-order valence-corrected chi connectivity index (χ0v) is 12.1. The van der Waals surface area contributed by atoms with Gasteiger partial charge in [-0.3, -0.25) is 4.79 Å². The predicted octanol–water partition coefficient (Wildman–Crippen LogP) is 5.26. The Kier molecular flexibility index (Phi) is 3.32. The Balaban J connectivity index is 1.97. The highest BCUT2D eigenvalue weighted by molar-refractivity contribution is 7.24. The Bertz CT molecular complexity index is 722. The number of hydrogen-bond acceptors (Lipinski definition) is 3. The van der Waals surface area contributed by atoms with Crippen molar-refractivity contribution in [3.05, 3.63) is 59.0 Å². The second-order valence-corrected chi connectivity index (χ2v) is 6.55. The van der Waals surface area contributed by atoms with Gasteiger partial charge in [0.15, 0.2) is 6.29 Å². The van der Waals surface area contributed by atoms with Gasteiger partial charge in [-0.05, 0) is 36.8 Å². The molecule has 0 aliphatic rings. The zero-order valence-electron chi connectivity index (χ0n) is 10.4. The highest BCUT2D eigenvalue weighted by atomic mass is 32.1. The van der Waals surface area contributed by atoms with Crippen molar-refractivity contribution in [2.45, 2.75) is 6.92 Å². The minimum Gasteiger partial charge on any atom is -0.297 e. The van der Waals surface area contributed by atoms with Crippen LogP contribution in [0.25, 0.3) is 20.2 Å². The zero-order chi connectivity index (χ0) is 13.2. The standard InChI is InChI=1S/C16H12OS2/c1-11-3-2-4-12(9-11)14-7-8-16(19-14)15-6-5-13(10-17)18-15/h2-10H,1H3. The number of benzene rings is 1. The van der Waals surface area contributed by atoms with Crippen molar-refractivity contribution in [2.24, 2.45) is 0 Å². The fourth-order valence-electron chi connectivity index (χ4n) is 1.97. The van der Waals surface area contributed by atoms with Gasteiger partial charge in [0.2, 0.25) is 0 Å². The average molecular weight is 284 g/mol. The fourth-order valence-corrected chi connectivity index (χ4v) is 3.89. The van der Waals surface area contributed by atoms with E-state index in [1.165, 1.54) is 20.9 Å². The van der Waals surface area contributed by atoms with Crippen molar-refractivity contribution in [3.8, 4) is 20.2 Å². The molecule has 0 N–H and O–H groups in total. The maximum absolute atomic E-state index is 10.7. The van der Waals surface area contributed by atoms with E-state index in [-0.39, 0.29) is 0 Å². The Hall–Kier alpha value is -1.71. The number of carbonyl (C=O) groups is 1. The Labute approximate surface area is 120 Å². The Morgan fingerprint density at radius 1 is 0.895 bits per heavy atom. The summed E-state index contributed by atoms with van der Waals surface area (Å²) in [5.74, 6) is 0. The van der Waals surface area contributed by atoms with Gasteiger partial charge >= 0.3 is 0 Å². The first-order valence-corrected chi connectivity index (χ1v) is 7.62. The highest BCUT2D eigenvalue weighted by Crippen LogP contribution is 2.37. The first kappa shape index (κ1) is 12.3. The molecule has 2 aromatic heterocycles. The van der Waals surface area contributed by atoms with Gasteiger partial charge in [-0.2, -0.15) is 0 Å². The van der Waals surface area contributed by atoms with Gasteiger partial charge in [-0.15, -0.1) is 22.7 Å². The third kappa shape index (κ3) is 2.53. The summed E-state index contributed by atoms with van der Waals surface area (Å²) in [5, 5.41) is 0. The van der Waals surface area contributed by atoms with Gasteiger partial charge in [-0.25, -0.2) is 0 Å². The summed E-state index contributed by atoms with van der Waals surface area (Å²) in [4.78, 5) is 15.1. The lowest BCUT2D eigenvalue weighted by molar-refractivity contribution is 0.112. The lowest BCUT2D eigenvalue weighted by Crippen LogP contribution is -1.73. The largest absolute Gasteiger partial charge is 0.297 e. The molecular weight excluding hydrogens is 272 g/mol. The number of carbonyl (C=O) groups excluding carboxylic acids is 1. The molecule has 0 spiro atoms. The number of aldehydes is 1. The summed E-state index contributed by atoms with van der Waals surface area (Å²) in [6.45, 7) is 2.10. The van der Waals surface area contributed by atoms with Crippen LogP contribution >= 0.6 is 22.7 Å². The molecule has 0 fully saturated rings. The third-order valence-electron chi connectivity index (χ3n) is 2.89. The van der Waals surface area contributed by atoms with Crippen molar-refractivity contribution < 1.29 is 4.79 Å². The van der Waals surface area contributed by atoms with E-state index in [1.807, 2.05) is 12.1 Å². The summed E-state index contributed by atoms with van der Waals surface area (Å²) >= 11 is 3.31. The molecule has 0 amide bonds. The molecule has 0 atom stereocenters. The van der Waals surface area contributed by atoms with Gasteiger partial charge < -0.3 is 0 Å². The number of hydrogen-bond donors (Lipinski definition) is 0. The van der Waals surface area contributed by atoms with Gasteiger partial charge in [0.25, 0.3) is 0 Å². The minimum atomic E-state index is 0.778. The molecule has 0 bridgehead atoms. The van der Waals surface area contributed by atoms with Crippen molar-refractivity contribution >= 4 is 29.0 Å². The van der Waals surface area contributed by atoms with Crippen LogP contribution in [0.1, 0.15) is 15.2 Å². The SMILES string of the molecule is Cc1cccc(-c2ccc(-c3ccc(C=O)s3)s2)c1. The van der Waals surface area contributed by atoms with Crippen LogP contribution in [-0.4, -0.2) is 6.29 Å². The highest BCUT2D eigenvalue weighted by Gasteiger charge is 2.07. The first-order chi connectivity index (χ1) is 9.26. The van der Waals surface area contributed by atoms with Gasteiger partial charge in [0.05, 0.1) is 4.88 Å². The van der Waals surface area contributed by atoms with E-state index in [4.69, 9.17) is 0 Å². The van der Waals surface area contributed by atoms with Gasteiger partial charge in [0.1, 0.15) is 0 Å². The Morgan fingerprint density at radius 2 is 1.63 bits per heavy atom. The predicted molar refractivity (Wildman–Crippen MR) is 83.2 cm³/mol. The molecule has 0 aliphatic heterocycles. The summed E-state index contributed by atoms with van der Waals surface area (Å²) in [6, 6.07) is 16.7. The number of thiophene rings is 2. The topological polar surface area (TPSA) is 17.1 Å². The van der Waals surface area contributed by atoms with Crippen LogP contribution in [0.3, 0.4) is 0 Å². The van der Waals surface area contributed by atoms with E-state index in [9.17, 15) is 4.79 Å². The second-order valence-electron chi connectivity index (χ2n) is 4.35. The lowest BCUT2D eigenvalue weighted by Gasteiger charge is -1.98. The van der Waals surface area contributed by atoms with Crippen molar-refractivity contribution in [3.63, 3.8) is 0 Å². The van der Waals surface area contributed by atoms with Crippen molar-refractivity contribution in [1.29, 1.82) is 0 Å². The molecule has 0 aliphatic carbocycles. The van der Waals surface area contributed by atoms with Crippen LogP contribution in [0.2, 0.25) is 0 Å². The molecule has 3 rings (SSSR count). The molecule has 0 unspecified atom stereocenters. The maximum atomic E-state index is 10.7. The molecule has 19 heavy (non-hydrogen) atoms. The normalized spacial score (nSPS) is 10.6. The maximum Gasteiger partial charge on any atom is 0.160 e. The summed E-state index contributed by atoms with van der Waals surface area (Å²) in [7, 11) is 0. The van der Waals surface area contributed by atoms with Gasteiger partial charge in [0, 0.05) is 14.6 Å². The third-order valence-corrected chi connectivity index (χ3v) is 5.24. The molecule has 1 nitrogen and oxygen atoms in total. The van der Waals surface area contributed by atoms with Crippen LogP contribution in [-0.2, 0) is 0 Å². The van der Waals surface area contributed by atoms with E-state index in [0.29, 0.717) is 0 Å². The average Bonchev–Trinajstić information content (AvgIpc) is 3.07. The van der Waals surface area contributed by atoms with Crippen LogP contribution in [0.5, 0.6) is 0 Å². The molecule has 3 aromatic rings. The molecule has 0 radical (unpaired) electrons. The van der Waals surface area contributed by atoms with Crippen LogP contribution in [0.15, 0.2) is 48.5 Å². The monoisotopic (exact) mass is 284 g/mol. The number of rotatable bonds is 3. The van der Waals surface area contributed by atoms with Gasteiger partial charge in [-0.1, -0.05) is 29.8 Å². The van der Waals surface area contributed by atoms with Crippen LogP contribution in [0, 0.1) is 6.92 Å². The summed E-state index contributed by atoms with van der Waals surface area (Å²) < 4.78 is 0. The molecule has 94 valence electrons. The summed E-state index contributed by atoms with van der Waals surface area (Å²) in [6.07, 6.45) is 0.906. The van der Waals surface area contributed by atoms with Crippen LogP contribution in [0.4, 0.5) is 0 Å². The smallest absolute Gasteiger partial charge is 0.160 e. The molecule has 0 saturated heterocycles. The lowest BCUT2D eigenvalue weighted by atomic mass is 10.1. The van der Waals surface area contributed by atoms with E-state index in [1.54, 1.807) is 22.7 Å². The van der Waals surface area contributed by atoms with Crippen molar-refractivity contribution in [1.82, 2.24) is 0 Å². The first-order valence-electron chi connectivity index (χ1n) is 5.98. The van der Waals surface area contributed by atoms with E-state index in [2.05, 4.69) is 43.3 Å². The van der Waals surface area contributed by atoms with E-state index in [0.717, 1.165) is 16.0 Å². The molecule has 0 saturated carbocycles. The molecule has 2 heterocycles. The second kappa shape index (κ2) is 5.11. The molecule has 1 aromatic carbocycles. The molecular formula is C16H12OS2. The van der Waals surface area contributed by atoms with Crippen molar-refractivity contribution in [2.75, 3.05) is 0 Å². The summed E-state index contributed by atoms with van der Waals surface area (Å²) in [5.41, 5.74) is 2.52. The van der Waals surface area contributed by atoms with E-state index >= 15 is 0 Å².